The van der Waals surface area contributed by atoms with Crippen LogP contribution in [0.3, 0.4) is 0 Å². The van der Waals surface area contributed by atoms with Gasteiger partial charge in [-0.15, -0.1) is 0 Å². The van der Waals surface area contributed by atoms with Crippen LogP contribution >= 0.6 is 0 Å². The van der Waals surface area contributed by atoms with Gasteiger partial charge in [-0.05, 0) is 44.1 Å². The Kier molecular flexibility index (Phi) is 3.93. The van der Waals surface area contributed by atoms with Gasteiger partial charge in [0.25, 0.3) is 0 Å². The number of hydrogen-bond acceptors (Lipinski definition) is 5. The Morgan fingerprint density at radius 1 is 1.23 bits per heavy atom. The van der Waals surface area contributed by atoms with E-state index in [1.54, 1.807) is 7.11 Å². The van der Waals surface area contributed by atoms with Gasteiger partial charge in [-0.25, -0.2) is 0 Å². The Hall–Kier alpha value is -1.14. The smallest absolute Gasteiger partial charge is 0.119 e. The van der Waals surface area contributed by atoms with Crippen LogP contribution in [0.1, 0.15) is 24.8 Å². The normalized spacial score (nSPS) is 39.3. The van der Waals surface area contributed by atoms with E-state index in [2.05, 4.69) is 4.90 Å². The summed E-state index contributed by atoms with van der Waals surface area (Å²) in [6.07, 6.45) is -0.386. The van der Waals surface area contributed by atoms with Crippen molar-refractivity contribution in [2.24, 2.45) is 0 Å². The Balaban J connectivity index is 2.09. The van der Waals surface area contributed by atoms with Crippen molar-refractivity contribution in [3.63, 3.8) is 0 Å². The molecular weight excluding hydrogens is 282 g/mol. The third kappa shape index (κ3) is 2.33. The molecule has 4 unspecified atom stereocenters. The quantitative estimate of drug-likeness (QED) is 0.743. The SMILES string of the molecule is COc1cccc(C23CCN(C)CC2(O)CC(O)C(O)C3)c1. The minimum atomic E-state index is -1.05. The summed E-state index contributed by atoms with van der Waals surface area (Å²) in [5.74, 6) is 0.744. The Labute approximate surface area is 131 Å². The minimum absolute atomic E-state index is 0.190. The Morgan fingerprint density at radius 2 is 1.95 bits per heavy atom. The number of likely N-dealkylation sites (tertiary alicyclic amines) is 1. The molecule has 3 rings (SSSR count). The van der Waals surface area contributed by atoms with Gasteiger partial charge in [0.05, 0.1) is 24.9 Å². The highest BCUT2D eigenvalue weighted by Crippen LogP contribution is 2.51. The summed E-state index contributed by atoms with van der Waals surface area (Å²) in [4.78, 5) is 2.09. The van der Waals surface area contributed by atoms with Crippen LogP contribution in [-0.2, 0) is 5.41 Å². The Bertz CT molecular complexity index is 551. The summed E-state index contributed by atoms with van der Waals surface area (Å²) in [7, 11) is 3.60. The highest BCUT2D eigenvalue weighted by Gasteiger charge is 2.59. The van der Waals surface area contributed by atoms with Crippen molar-refractivity contribution in [2.75, 3.05) is 27.2 Å². The summed E-state index contributed by atoms with van der Waals surface area (Å²) in [6.45, 7) is 1.34. The lowest BCUT2D eigenvalue weighted by molar-refractivity contribution is -0.175. The second-order valence-electron chi connectivity index (χ2n) is 6.88. The standard InChI is InChI=1S/C17H25NO4/c1-18-7-6-16(12-4-3-5-13(8-12)22-2)9-14(19)15(20)10-17(16,21)11-18/h3-5,8,14-15,19-21H,6-7,9-11H2,1-2H3. The molecule has 0 radical (unpaired) electrons. The van der Waals surface area contributed by atoms with E-state index in [9.17, 15) is 15.3 Å². The molecule has 22 heavy (non-hydrogen) atoms. The molecule has 5 heteroatoms. The number of methoxy groups -OCH3 is 1. The predicted octanol–water partition coefficient (Wildman–Crippen LogP) is 0.515. The van der Waals surface area contributed by atoms with Crippen molar-refractivity contribution in [1.82, 2.24) is 4.90 Å². The molecule has 0 spiro atoms. The van der Waals surface area contributed by atoms with Crippen LogP contribution < -0.4 is 4.74 Å². The van der Waals surface area contributed by atoms with E-state index in [1.165, 1.54) is 0 Å². The average molecular weight is 307 g/mol. The third-order valence-corrected chi connectivity index (χ3v) is 5.51. The second-order valence-corrected chi connectivity index (χ2v) is 6.88. The summed E-state index contributed by atoms with van der Waals surface area (Å²) in [6, 6.07) is 7.73. The number of nitrogens with zero attached hydrogens (tertiary/aromatic N) is 1. The molecule has 1 saturated carbocycles. The van der Waals surface area contributed by atoms with Gasteiger partial charge in [-0.2, -0.15) is 0 Å². The zero-order chi connectivity index (χ0) is 16.0. The van der Waals surface area contributed by atoms with Crippen molar-refractivity contribution in [2.45, 2.75) is 42.5 Å². The fourth-order valence-corrected chi connectivity index (χ4v) is 4.27. The van der Waals surface area contributed by atoms with Gasteiger partial charge in [-0.3, -0.25) is 0 Å². The number of β-amino-alcohol motifs (C(OH)–C–C–N with tert-alkyl or cyclic N) is 1. The summed E-state index contributed by atoms with van der Waals surface area (Å²) in [5.41, 5.74) is -0.619. The van der Waals surface area contributed by atoms with Gasteiger partial charge in [0.2, 0.25) is 0 Å². The number of ether oxygens (including phenoxy) is 1. The average Bonchev–Trinajstić information content (AvgIpc) is 2.49. The molecule has 1 saturated heterocycles. The van der Waals surface area contributed by atoms with Gasteiger partial charge < -0.3 is 25.0 Å². The first-order chi connectivity index (χ1) is 10.4. The molecule has 1 aliphatic carbocycles. The molecule has 1 aromatic carbocycles. The van der Waals surface area contributed by atoms with Crippen molar-refractivity contribution in [3.8, 4) is 5.75 Å². The molecule has 2 fully saturated rings. The number of hydrogen-bond donors (Lipinski definition) is 3. The number of piperidine rings is 1. The third-order valence-electron chi connectivity index (χ3n) is 5.51. The molecule has 1 aromatic rings. The molecule has 1 heterocycles. The number of benzene rings is 1. The van der Waals surface area contributed by atoms with E-state index in [1.807, 2.05) is 31.3 Å². The number of fused-ring (bicyclic) bond motifs is 1. The second kappa shape index (κ2) is 5.49. The van der Waals surface area contributed by atoms with E-state index < -0.39 is 23.2 Å². The van der Waals surface area contributed by atoms with Crippen LogP contribution in [0, 0.1) is 0 Å². The van der Waals surface area contributed by atoms with Crippen LogP contribution in [0.25, 0.3) is 0 Å². The van der Waals surface area contributed by atoms with Crippen LogP contribution in [0.4, 0.5) is 0 Å². The summed E-state index contributed by atoms with van der Waals surface area (Å²) in [5, 5.41) is 31.7. The van der Waals surface area contributed by atoms with Crippen molar-refractivity contribution >= 4 is 0 Å². The van der Waals surface area contributed by atoms with Gasteiger partial charge in [0.15, 0.2) is 0 Å². The van der Waals surface area contributed by atoms with E-state index >= 15 is 0 Å². The lowest BCUT2D eigenvalue weighted by atomic mass is 9.55. The molecule has 4 atom stereocenters. The first kappa shape index (κ1) is 15.7. The van der Waals surface area contributed by atoms with Gasteiger partial charge in [0, 0.05) is 18.4 Å². The molecule has 5 nitrogen and oxygen atoms in total. The van der Waals surface area contributed by atoms with E-state index in [0.29, 0.717) is 13.0 Å². The van der Waals surface area contributed by atoms with E-state index in [0.717, 1.165) is 24.3 Å². The highest BCUT2D eigenvalue weighted by molar-refractivity contribution is 5.39. The monoisotopic (exact) mass is 307 g/mol. The number of likely N-dealkylation sites (N-methyl/N-ethyl adjacent to an activating group) is 1. The van der Waals surface area contributed by atoms with Crippen molar-refractivity contribution < 1.29 is 20.1 Å². The van der Waals surface area contributed by atoms with E-state index in [4.69, 9.17) is 4.74 Å². The highest BCUT2D eigenvalue weighted by atomic mass is 16.5. The largest absolute Gasteiger partial charge is 0.497 e. The Morgan fingerprint density at radius 3 is 2.68 bits per heavy atom. The van der Waals surface area contributed by atoms with Crippen LogP contribution in [0.2, 0.25) is 0 Å². The molecule has 122 valence electrons. The maximum atomic E-state index is 11.4. The fraction of sp³-hybridized carbons (Fsp3) is 0.647. The number of aliphatic hydroxyl groups is 3. The minimum Gasteiger partial charge on any atom is -0.497 e. The maximum Gasteiger partial charge on any atom is 0.119 e. The maximum absolute atomic E-state index is 11.4. The molecular formula is C17H25NO4. The van der Waals surface area contributed by atoms with Crippen LogP contribution in [0.5, 0.6) is 5.75 Å². The van der Waals surface area contributed by atoms with Crippen LogP contribution in [-0.4, -0.2) is 65.3 Å². The molecule has 0 bridgehead atoms. The zero-order valence-electron chi connectivity index (χ0n) is 13.2. The first-order valence-electron chi connectivity index (χ1n) is 7.82. The lowest BCUT2D eigenvalue weighted by Crippen LogP contribution is -2.68. The first-order valence-corrected chi connectivity index (χ1v) is 7.82. The molecule has 0 aromatic heterocycles. The topological polar surface area (TPSA) is 73.2 Å². The number of aliphatic hydroxyl groups excluding tert-OH is 2. The summed E-state index contributed by atoms with van der Waals surface area (Å²) < 4.78 is 5.32. The van der Waals surface area contributed by atoms with E-state index in [-0.39, 0.29) is 6.42 Å². The lowest BCUT2D eigenvalue weighted by Gasteiger charge is -2.58. The zero-order valence-corrected chi connectivity index (χ0v) is 13.2. The van der Waals surface area contributed by atoms with Gasteiger partial charge >= 0.3 is 0 Å². The molecule has 3 N–H and O–H groups in total. The van der Waals surface area contributed by atoms with Gasteiger partial charge in [0.1, 0.15) is 5.75 Å². The van der Waals surface area contributed by atoms with Crippen LogP contribution in [0.15, 0.2) is 24.3 Å². The molecule has 2 aliphatic rings. The van der Waals surface area contributed by atoms with Crippen molar-refractivity contribution in [3.05, 3.63) is 29.8 Å². The fourth-order valence-electron chi connectivity index (χ4n) is 4.27. The van der Waals surface area contributed by atoms with Gasteiger partial charge in [-0.1, -0.05) is 12.1 Å². The molecule has 1 aliphatic heterocycles. The van der Waals surface area contributed by atoms with Crippen molar-refractivity contribution in [1.29, 1.82) is 0 Å². The predicted molar refractivity (Wildman–Crippen MR) is 83.0 cm³/mol. The summed E-state index contributed by atoms with van der Waals surface area (Å²) >= 11 is 0. The molecule has 0 amide bonds. The number of rotatable bonds is 2.